The van der Waals surface area contributed by atoms with Gasteiger partial charge in [0.15, 0.2) is 0 Å². The van der Waals surface area contributed by atoms with E-state index >= 15 is 0 Å². The number of rotatable bonds is 6. The normalized spacial score (nSPS) is 16.1. The Morgan fingerprint density at radius 2 is 1.46 bits per heavy atom. The number of morpholine rings is 2. The molecule has 35 heavy (non-hydrogen) atoms. The summed E-state index contributed by atoms with van der Waals surface area (Å²) in [7, 11) is 0. The Morgan fingerprint density at radius 1 is 0.829 bits per heavy atom. The Kier molecular flexibility index (Phi) is 7.06. The van der Waals surface area contributed by atoms with Gasteiger partial charge in [-0.3, -0.25) is 4.79 Å². The maximum Gasteiger partial charge on any atom is 0.227 e. The topological polar surface area (TPSA) is 91.9 Å². The van der Waals surface area contributed by atoms with Crippen LogP contribution < -0.4 is 20.4 Å². The number of carbonyl (C=O) groups is 1. The van der Waals surface area contributed by atoms with Gasteiger partial charge >= 0.3 is 0 Å². The molecule has 0 radical (unpaired) electrons. The van der Waals surface area contributed by atoms with Gasteiger partial charge in [-0.1, -0.05) is 12.1 Å². The highest BCUT2D eigenvalue weighted by Crippen LogP contribution is 2.34. The number of aromatic nitrogens is 2. The average Bonchev–Trinajstić information content (AvgIpc) is 2.90. The van der Waals surface area contributed by atoms with Gasteiger partial charge in [0, 0.05) is 56.2 Å². The maximum atomic E-state index is 11.3. The molecule has 0 spiro atoms. The summed E-state index contributed by atoms with van der Waals surface area (Å²) < 4.78 is 11.1. The van der Waals surface area contributed by atoms with E-state index in [-0.39, 0.29) is 5.91 Å². The highest BCUT2D eigenvalue weighted by molar-refractivity contribution is 5.89. The summed E-state index contributed by atoms with van der Waals surface area (Å²) >= 11 is 0. The molecule has 2 fully saturated rings. The molecule has 2 aromatic carbocycles. The molecule has 0 bridgehead atoms. The van der Waals surface area contributed by atoms with Crippen molar-refractivity contribution in [3.05, 3.63) is 54.7 Å². The second-order valence-corrected chi connectivity index (χ2v) is 8.55. The molecule has 2 saturated heterocycles. The molecule has 0 aliphatic carbocycles. The first-order valence-corrected chi connectivity index (χ1v) is 11.9. The largest absolute Gasteiger partial charge is 0.378 e. The average molecular weight is 475 g/mol. The second kappa shape index (κ2) is 10.7. The molecular weight excluding hydrogens is 444 g/mol. The third-order valence-corrected chi connectivity index (χ3v) is 6.09. The summed E-state index contributed by atoms with van der Waals surface area (Å²) in [6, 6.07) is 15.9. The van der Waals surface area contributed by atoms with Crippen LogP contribution >= 0.6 is 0 Å². The van der Waals surface area contributed by atoms with Crippen LogP contribution in [-0.4, -0.2) is 68.5 Å². The van der Waals surface area contributed by atoms with E-state index in [4.69, 9.17) is 14.5 Å². The van der Waals surface area contributed by atoms with Crippen LogP contribution in [0.4, 0.5) is 28.7 Å². The van der Waals surface area contributed by atoms with Crippen LogP contribution in [-0.2, 0) is 14.3 Å². The van der Waals surface area contributed by atoms with E-state index in [2.05, 4.69) is 43.6 Å². The summed E-state index contributed by atoms with van der Waals surface area (Å²) in [4.78, 5) is 25.2. The van der Waals surface area contributed by atoms with Crippen LogP contribution in [0.3, 0.4) is 0 Å². The fourth-order valence-electron chi connectivity index (χ4n) is 4.37. The van der Waals surface area contributed by atoms with Crippen molar-refractivity contribution in [3.8, 4) is 11.3 Å². The SMILES string of the molecule is CC(=O)Nc1ccc(-c2ccnc(Nc3ccc(N4CCOCC4)c(N4CCOCC4)c3)n2)cc1. The van der Waals surface area contributed by atoms with E-state index in [1.807, 2.05) is 30.3 Å². The third-order valence-electron chi connectivity index (χ3n) is 6.09. The van der Waals surface area contributed by atoms with Crippen molar-refractivity contribution in [1.82, 2.24) is 9.97 Å². The van der Waals surface area contributed by atoms with Crippen LogP contribution in [0.1, 0.15) is 6.92 Å². The number of nitrogens with zero attached hydrogens (tertiary/aromatic N) is 4. The van der Waals surface area contributed by atoms with Gasteiger partial charge in [0.2, 0.25) is 11.9 Å². The van der Waals surface area contributed by atoms with Crippen molar-refractivity contribution in [1.29, 1.82) is 0 Å². The molecule has 0 unspecified atom stereocenters. The second-order valence-electron chi connectivity index (χ2n) is 8.55. The zero-order chi connectivity index (χ0) is 24.0. The molecule has 182 valence electrons. The minimum absolute atomic E-state index is 0.0950. The quantitative estimate of drug-likeness (QED) is 0.561. The number of ether oxygens (including phenoxy) is 2. The molecule has 9 heteroatoms. The van der Waals surface area contributed by atoms with Gasteiger partial charge in [-0.25, -0.2) is 9.97 Å². The molecule has 3 heterocycles. The van der Waals surface area contributed by atoms with Gasteiger partial charge in [0.25, 0.3) is 0 Å². The molecule has 2 N–H and O–H groups in total. The molecule has 1 amide bonds. The summed E-state index contributed by atoms with van der Waals surface area (Å²) in [5.74, 6) is 0.433. The lowest BCUT2D eigenvalue weighted by molar-refractivity contribution is -0.114. The fraction of sp³-hybridized carbons (Fsp3) is 0.346. The zero-order valence-electron chi connectivity index (χ0n) is 19.9. The number of benzene rings is 2. The van der Waals surface area contributed by atoms with Crippen molar-refractivity contribution in [3.63, 3.8) is 0 Å². The van der Waals surface area contributed by atoms with Crippen LogP contribution in [0.5, 0.6) is 0 Å². The summed E-state index contributed by atoms with van der Waals surface area (Å²) in [5.41, 5.74) is 5.84. The molecular formula is C26H30N6O3. The monoisotopic (exact) mass is 474 g/mol. The number of hydrogen-bond donors (Lipinski definition) is 2. The number of anilines is 5. The predicted molar refractivity (Wildman–Crippen MR) is 138 cm³/mol. The van der Waals surface area contributed by atoms with E-state index in [0.29, 0.717) is 5.95 Å². The van der Waals surface area contributed by atoms with E-state index < -0.39 is 0 Å². The van der Waals surface area contributed by atoms with E-state index in [1.165, 1.54) is 18.3 Å². The van der Waals surface area contributed by atoms with Crippen molar-refractivity contribution >= 4 is 34.6 Å². The van der Waals surface area contributed by atoms with Gasteiger partial charge in [0.1, 0.15) is 0 Å². The lowest BCUT2D eigenvalue weighted by atomic mass is 10.1. The van der Waals surface area contributed by atoms with Gasteiger partial charge in [-0.05, 0) is 36.4 Å². The van der Waals surface area contributed by atoms with E-state index in [9.17, 15) is 4.79 Å². The van der Waals surface area contributed by atoms with Crippen molar-refractivity contribution in [2.75, 3.05) is 73.0 Å². The van der Waals surface area contributed by atoms with Crippen molar-refractivity contribution in [2.24, 2.45) is 0 Å². The van der Waals surface area contributed by atoms with Crippen LogP contribution in [0.25, 0.3) is 11.3 Å². The first-order valence-electron chi connectivity index (χ1n) is 11.9. The fourth-order valence-corrected chi connectivity index (χ4v) is 4.37. The summed E-state index contributed by atoms with van der Waals surface area (Å²) in [5, 5.41) is 6.16. The zero-order valence-corrected chi connectivity index (χ0v) is 19.9. The van der Waals surface area contributed by atoms with Crippen LogP contribution in [0, 0.1) is 0 Å². The molecule has 1 aromatic heterocycles. The van der Waals surface area contributed by atoms with Crippen LogP contribution in [0.2, 0.25) is 0 Å². The Bertz CT molecular complexity index is 1160. The van der Waals surface area contributed by atoms with Gasteiger partial charge in [-0.15, -0.1) is 0 Å². The predicted octanol–water partition coefficient (Wildman–Crippen LogP) is 3.52. The Balaban J connectivity index is 1.38. The van der Waals surface area contributed by atoms with Gasteiger partial charge < -0.3 is 29.9 Å². The molecule has 3 aromatic rings. The van der Waals surface area contributed by atoms with Gasteiger partial charge in [0.05, 0.1) is 43.5 Å². The van der Waals surface area contributed by atoms with E-state index in [0.717, 1.165) is 75.2 Å². The highest BCUT2D eigenvalue weighted by Gasteiger charge is 2.21. The highest BCUT2D eigenvalue weighted by atomic mass is 16.5. The first kappa shape index (κ1) is 23.1. The van der Waals surface area contributed by atoms with Crippen molar-refractivity contribution in [2.45, 2.75) is 6.92 Å². The van der Waals surface area contributed by atoms with E-state index in [1.54, 1.807) is 6.20 Å². The minimum atomic E-state index is -0.0950. The Labute approximate surface area is 205 Å². The lowest BCUT2D eigenvalue weighted by Crippen LogP contribution is -2.40. The molecule has 5 rings (SSSR count). The molecule has 0 atom stereocenters. The number of amides is 1. The Hall–Kier alpha value is -3.69. The lowest BCUT2D eigenvalue weighted by Gasteiger charge is -2.36. The molecule has 9 nitrogen and oxygen atoms in total. The molecule has 0 saturated carbocycles. The number of carbonyl (C=O) groups excluding carboxylic acids is 1. The molecule has 2 aliphatic heterocycles. The van der Waals surface area contributed by atoms with Crippen LogP contribution in [0.15, 0.2) is 54.7 Å². The standard InChI is InChI=1S/C26H30N6O3/c1-19(33)28-21-4-2-20(3-5-21)23-8-9-27-26(30-23)29-22-6-7-24(31-10-14-34-15-11-31)25(18-22)32-12-16-35-17-13-32/h2-9,18H,10-17H2,1H3,(H,28,33)(H,27,29,30). The smallest absolute Gasteiger partial charge is 0.227 e. The summed E-state index contributed by atoms with van der Waals surface area (Å²) in [6.45, 7) is 7.94. The number of nitrogens with one attached hydrogen (secondary N) is 2. The third kappa shape index (κ3) is 5.70. The number of hydrogen-bond acceptors (Lipinski definition) is 8. The maximum absolute atomic E-state index is 11.3. The first-order chi connectivity index (χ1) is 17.2. The Morgan fingerprint density at radius 3 is 2.11 bits per heavy atom. The summed E-state index contributed by atoms with van der Waals surface area (Å²) in [6.07, 6.45) is 1.75. The minimum Gasteiger partial charge on any atom is -0.378 e. The van der Waals surface area contributed by atoms with Crippen molar-refractivity contribution < 1.29 is 14.3 Å². The molecule has 2 aliphatic rings. The van der Waals surface area contributed by atoms with Gasteiger partial charge in [-0.2, -0.15) is 0 Å².